The van der Waals surface area contributed by atoms with E-state index in [1.165, 1.54) is 72.3 Å². The molecule has 3 atom stereocenters. The number of β-lactam (4-membered cyclic amide) rings is 1. The summed E-state index contributed by atoms with van der Waals surface area (Å²) < 4.78 is 5.31. The van der Waals surface area contributed by atoms with E-state index in [9.17, 15) is 29.4 Å². The number of aromatic nitrogens is 2. The number of hydrogen-bond acceptors (Lipinski definition) is 13. The average Bonchev–Trinajstić information content (AvgIpc) is 3.33. The quantitative estimate of drug-likeness (QED) is 0.0844. The summed E-state index contributed by atoms with van der Waals surface area (Å²) in [4.78, 5) is 51.3. The van der Waals surface area contributed by atoms with Crippen molar-refractivity contribution in [1.82, 2.24) is 25.7 Å². The molecule has 0 spiro atoms. The fraction of sp³-hybridized carbons (Fsp3) is 0.333. The summed E-state index contributed by atoms with van der Waals surface area (Å²) >= 11 is 4.06. The first-order chi connectivity index (χ1) is 18.6. The topological polar surface area (TPSA) is 174 Å². The third-order valence-corrected chi connectivity index (χ3v) is 9.21. The first kappa shape index (κ1) is 32.0. The third kappa shape index (κ3) is 7.19. The number of ether oxygens (including phenoxy) is 1. The largest absolute Gasteiger partial charge is 1.00 e. The number of carboxylic acids is 1. The molecule has 1 fully saturated rings. The molecule has 0 saturated carbocycles. The van der Waals surface area contributed by atoms with Crippen molar-refractivity contribution in [3.05, 3.63) is 57.9 Å². The van der Waals surface area contributed by atoms with Crippen LogP contribution in [0.4, 0.5) is 0 Å². The van der Waals surface area contributed by atoms with Gasteiger partial charge in [0.1, 0.15) is 28.2 Å². The van der Waals surface area contributed by atoms with Gasteiger partial charge in [0.2, 0.25) is 5.91 Å². The van der Waals surface area contributed by atoms with Crippen LogP contribution in [0.3, 0.4) is 0 Å². The van der Waals surface area contributed by atoms with Crippen LogP contribution >= 0.6 is 34.9 Å². The second-order valence-electron chi connectivity index (χ2n) is 8.53. The normalized spacial score (nSPS) is 19.1. The number of carboxylic acid groups (broad SMARTS) is 1. The zero-order chi connectivity index (χ0) is 28.3. The number of aliphatic carboxylic acids is 1. The summed E-state index contributed by atoms with van der Waals surface area (Å²) in [5.41, 5.74) is 1.13. The molecule has 2 aromatic rings. The van der Waals surface area contributed by atoms with Crippen molar-refractivity contribution in [2.45, 2.75) is 35.6 Å². The number of nitrogens with one attached hydrogen (secondary N) is 2. The molecule has 2 unspecified atom stereocenters. The average molecular weight is 614 g/mol. The Morgan fingerprint density at radius 1 is 1.30 bits per heavy atom. The molecule has 3 N–H and O–H groups in total. The van der Waals surface area contributed by atoms with E-state index >= 15 is 0 Å². The Hall–Kier alpha value is -2.56. The minimum atomic E-state index is -1.46. The SMILES string of the molecule is COC(=O)C=C(C)NC(C(=O)NC1C(=O)N2C(C(=O)[O-])=C(CSc3nnc(C)s3)CS[C@@H]12)c1ccc(O)cc1.[Na+]. The molecule has 2 amide bonds. The molecular formula is C24H24N5NaO7S3. The van der Waals surface area contributed by atoms with Gasteiger partial charge in [0.15, 0.2) is 4.34 Å². The van der Waals surface area contributed by atoms with Gasteiger partial charge in [0.25, 0.3) is 5.91 Å². The van der Waals surface area contributed by atoms with Crippen molar-refractivity contribution in [2.24, 2.45) is 0 Å². The second kappa shape index (κ2) is 13.9. The minimum absolute atomic E-state index is 0. The maximum Gasteiger partial charge on any atom is 1.00 e. The van der Waals surface area contributed by atoms with Gasteiger partial charge in [-0.3, -0.25) is 14.5 Å². The van der Waals surface area contributed by atoms with Crippen LogP contribution in [-0.4, -0.2) is 74.0 Å². The molecule has 1 aromatic carbocycles. The molecule has 1 saturated heterocycles. The number of benzene rings is 1. The van der Waals surface area contributed by atoms with E-state index in [2.05, 4.69) is 25.6 Å². The molecule has 40 heavy (non-hydrogen) atoms. The van der Waals surface area contributed by atoms with E-state index in [1.807, 2.05) is 6.92 Å². The molecule has 206 valence electrons. The summed E-state index contributed by atoms with van der Waals surface area (Å²) in [6.45, 7) is 3.39. The first-order valence-corrected chi connectivity index (χ1v) is 14.4. The number of amides is 2. The number of nitrogens with zero attached hydrogens (tertiary/aromatic N) is 3. The molecule has 12 nitrogen and oxygen atoms in total. The number of carbonyl (C=O) groups is 4. The predicted molar refractivity (Wildman–Crippen MR) is 142 cm³/mol. The number of allylic oxidation sites excluding steroid dienone is 1. The molecule has 2 aliphatic heterocycles. The summed E-state index contributed by atoms with van der Waals surface area (Å²) in [6, 6.07) is 3.88. The van der Waals surface area contributed by atoms with E-state index < -0.39 is 41.2 Å². The molecule has 4 rings (SSSR count). The van der Waals surface area contributed by atoms with Gasteiger partial charge in [-0.25, -0.2) is 4.79 Å². The van der Waals surface area contributed by atoms with Crippen molar-refractivity contribution >= 4 is 58.6 Å². The number of carbonyl (C=O) groups excluding carboxylic acids is 4. The fourth-order valence-electron chi connectivity index (χ4n) is 3.98. The molecule has 0 bridgehead atoms. The standard InChI is InChI=1S/C24H25N5O7S3.Na/c1-11(8-16(31)36-3)25-17(13-4-6-15(30)7-5-13)20(32)26-18-21(33)29-19(23(34)35)14(9-37-22(18)29)10-38-24-28-27-12(2)39-24;/h4-8,17-18,22,25,30H,9-10H2,1-3H3,(H,26,32)(H,34,35);/q;+1/p-1/t17?,18?,22-;/m0./s1. The number of aromatic hydroxyl groups is 1. The number of aryl methyl sites for hydroxylation is 1. The van der Waals surface area contributed by atoms with Gasteiger partial charge >= 0.3 is 35.5 Å². The number of thioether (sulfide) groups is 2. The molecule has 0 radical (unpaired) electrons. The smallest absolute Gasteiger partial charge is 0.543 e. The number of phenolic OH excluding ortho intramolecular Hbond substituents is 1. The maximum atomic E-state index is 13.4. The van der Waals surface area contributed by atoms with Crippen molar-refractivity contribution < 1.29 is 63.7 Å². The molecule has 3 heterocycles. The first-order valence-electron chi connectivity index (χ1n) is 11.5. The summed E-state index contributed by atoms with van der Waals surface area (Å²) in [5.74, 6) is -2.60. The number of methoxy groups -OCH3 is 1. The van der Waals surface area contributed by atoms with E-state index in [0.717, 1.165) is 9.91 Å². The van der Waals surface area contributed by atoms with E-state index in [1.54, 1.807) is 6.92 Å². The fourth-order valence-corrected chi connectivity index (χ4v) is 7.28. The van der Waals surface area contributed by atoms with Crippen LogP contribution in [0.25, 0.3) is 0 Å². The van der Waals surface area contributed by atoms with Crippen molar-refractivity contribution in [3.8, 4) is 5.75 Å². The zero-order valence-electron chi connectivity index (χ0n) is 22.0. The van der Waals surface area contributed by atoms with Gasteiger partial charge in [-0.1, -0.05) is 35.2 Å². The number of esters is 1. The van der Waals surface area contributed by atoms with Gasteiger partial charge < -0.3 is 30.4 Å². The Morgan fingerprint density at radius 2 is 2.00 bits per heavy atom. The van der Waals surface area contributed by atoms with Crippen LogP contribution in [0.2, 0.25) is 0 Å². The van der Waals surface area contributed by atoms with Crippen LogP contribution in [0.5, 0.6) is 5.75 Å². The Morgan fingerprint density at radius 3 is 2.60 bits per heavy atom. The predicted octanol–water partition coefficient (Wildman–Crippen LogP) is -2.54. The van der Waals surface area contributed by atoms with Crippen LogP contribution in [-0.2, 0) is 23.9 Å². The van der Waals surface area contributed by atoms with E-state index in [4.69, 9.17) is 0 Å². The van der Waals surface area contributed by atoms with E-state index in [0.29, 0.717) is 32.7 Å². The van der Waals surface area contributed by atoms with Gasteiger partial charge in [-0.15, -0.1) is 22.0 Å². The number of phenols is 1. The van der Waals surface area contributed by atoms with Crippen LogP contribution in [0.1, 0.15) is 23.5 Å². The van der Waals surface area contributed by atoms with Crippen molar-refractivity contribution in [2.75, 3.05) is 18.6 Å². The van der Waals surface area contributed by atoms with Crippen molar-refractivity contribution in [1.29, 1.82) is 0 Å². The van der Waals surface area contributed by atoms with Gasteiger partial charge in [0.05, 0.1) is 18.8 Å². The molecule has 2 aliphatic rings. The molecular weight excluding hydrogens is 589 g/mol. The zero-order valence-corrected chi connectivity index (χ0v) is 26.4. The molecule has 0 aliphatic carbocycles. The summed E-state index contributed by atoms with van der Waals surface area (Å²) in [5, 5.41) is 35.5. The monoisotopic (exact) mass is 613 g/mol. The summed E-state index contributed by atoms with van der Waals surface area (Å²) in [6.07, 6.45) is 1.17. The van der Waals surface area contributed by atoms with Crippen LogP contribution in [0, 0.1) is 6.92 Å². The Balaban J connectivity index is 0.00000441. The Labute approximate surface area is 264 Å². The number of rotatable bonds is 10. The maximum absolute atomic E-state index is 13.4. The molecule has 16 heteroatoms. The Kier molecular flexibility index (Phi) is 11.1. The number of fused-ring (bicyclic) bond motifs is 1. The van der Waals surface area contributed by atoms with Gasteiger partial charge in [0, 0.05) is 23.3 Å². The van der Waals surface area contributed by atoms with Gasteiger partial charge in [-0.05, 0) is 37.1 Å². The van der Waals surface area contributed by atoms with Crippen LogP contribution < -0.4 is 45.3 Å². The third-order valence-electron chi connectivity index (χ3n) is 5.81. The molecule has 1 aromatic heterocycles. The number of hydrogen-bond donors (Lipinski definition) is 3. The van der Waals surface area contributed by atoms with Gasteiger partial charge in [-0.2, -0.15) is 0 Å². The second-order valence-corrected chi connectivity index (χ2v) is 12.0. The van der Waals surface area contributed by atoms with E-state index in [-0.39, 0.29) is 41.0 Å². The van der Waals surface area contributed by atoms with Crippen molar-refractivity contribution in [3.63, 3.8) is 0 Å². The summed E-state index contributed by atoms with van der Waals surface area (Å²) in [7, 11) is 1.22. The Bertz CT molecular complexity index is 1360. The minimum Gasteiger partial charge on any atom is -0.543 e. The van der Waals surface area contributed by atoms with Crippen LogP contribution in [0.15, 0.2) is 51.6 Å².